The number of β-amino-alcohol motifs (C(OH)–C–C–N with tert-alkyl or cyclic N) is 1. The largest absolute Gasteiger partial charge is 0.391 e. The molecule has 0 radical (unpaired) electrons. The van der Waals surface area contributed by atoms with Crippen molar-refractivity contribution in [3.05, 3.63) is 65.7 Å². The van der Waals surface area contributed by atoms with E-state index in [1.54, 1.807) is 12.1 Å². The molecule has 3 unspecified atom stereocenters. The molecule has 1 heterocycles. The summed E-state index contributed by atoms with van der Waals surface area (Å²) in [6, 6.07) is 12.4. The van der Waals surface area contributed by atoms with Gasteiger partial charge in [0.25, 0.3) is 0 Å². The molecule has 0 aromatic heterocycles. The Morgan fingerprint density at radius 3 is 2.59 bits per heavy atom. The lowest BCUT2D eigenvalue weighted by atomic mass is 10.1. The molecule has 2 aromatic rings. The van der Waals surface area contributed by atoms with Crippen LogP contribution in [0.15, 0.2) is 53.4 Å². The summed E-state index contributed by atoms with van der Waals surface area (Å²) in [5.41, 5.74) is 0.726. The Bertz CT molecular complexity index is 767. The van der Waals surface area contributed by atoms with E-state index in [-0.39, 0.29) is 29.1 Å². The Labute approximate surface area is 167 Å². The smallest absolute Gasteiger partial charge is 0.238 e. The van der Waals surface area contributed by atoms with E-state index >= 15 is 0 Å². The quantitative estimate of drug-likeness (QED) is 0.636. The summed E-state index contributed by atoms with van der Waals surface area (Å²) in [7, 11) is 0. The van der Waals surface area contributed by atoms with Gasteiger partial charge in [-0.15, -0.1) is 24.2 Å². The first-order chi connectivity index (χ1) is 12.5. The molecule has 3 N–H and O–H groups in total. The molecule has 1 fully saturated rings. The number of aliphatic hydroxyl groups excluding tert-OH is 1. The summed E-state index contributed by atoms with van der Waals surface area (Å²) in [6.07, 6.45) is -0.493. The average molecular weight is 415 g/mol. The van der Waals surface area contributed by atoms with E-state index < -0.39 is 23.0 Å². The van der Waals surface area contributed by atoms with Crippen molar-refractivity contribution in [2.75, 3.05) is 19.6 Å². The van der Waals surface area contributed by atoms with Gasteiger partial charge in [-0.1, -0.05) is 30.3 Å². The van der Waals surface area contributed by atoms with Gasteiger partial charge in [-0.3, -0.25) is 4.79 Å². The first-order valence-electron chi connectivity index (χ1n) is 8.37. The van der Waals surface area contributed by atoms with Gasteiger partial charge in [-0.25, -0.2) is 8.78 Å². The first-order valence-corrected chi connectivity index (χ1v) is 9.25. The van der Waals surface area contributed by atoms with Crippen molar-refractivity contribution < 1.29 is 18.7 Å². The lowest BCUT2D eigenvalue weighted by Gasteiger charge is -2.20. The maximum atomic E-state index is 14.0. The second-order valence-electron chi connectivity index (χ2n) is 6.21. The number of amides is 1. The van der Waals surface area contributed by atoms with Crippen LogP contribution in [0.3, 0.4) is 0 Å². The fourth-order valence-corrected chi connectivity index (χ4v) is 3.91. The standard InChI is InChI=1S/C19H20F2N2O2S.ClH/c20-14-6-7-17(15(21)8-14)26-18(12-4-2-1-3-5-12)19(25)23-10-13-9-22-11-16(13)24;/h1-8,13,16,18,22,24H,9-11H2,(H,23,25);1H. The summed E-state index contributed by atoms with van der Waals surface area (Å²) in [5.74, 6) is -1.68. The van der Waals surface area contributed by atoms with Gasteiger partial charge in [0, 0.05) is 36.5 Å². The minimum atomic E-state index is -0.695. The summed E-state index contributed by atoms with van der Waals surface area (Å²) in [5, 5.41) is 15.1. The van der Waals surface area contributed by atoms with Crippen LogP contribution in [0.4, 0.5) is 8.78 Å². The molecule has 0 saturated carbocycles. The highest BCUT2D eigenvalue weighted by molar-refractivity contribution is 8.00. The van der Waals surface area contributed by atoms with Crippen molar-refractivity contribution in [3.8, 4) is 0 Å². The Morgan fingerprint density at radius 1 is 1.22 bits per heavy atom. The van der Waals surface area contributed by atoms with E-state index in [1.807, 2.05) is 18.2 Å². The third kappa shape index (κ3) is 5.65. The molecule has 0 spiro atoms. The van der Waals surface area contributed by atoms with Crippen molar-refractivity contribution >= 4 is 30.1 Å². The summed E-state index contributed by atoms with van der Waals surface area (Å²) in [6.45, 7) is 1.48. The number of nitrogens with one attached hydrogen (secondary N) is 2. The first kappa shape index (κ1) is 21.6. The SMILES string of the molecule is Cl.O=C(NCC1CNCC1O)C(Sc1ccc(F)cc1F)c1ccccc1. The molecule has 27 heavy (non-hydrogen) atoms. The van der Waals surface area contributed by atoms with Crippen molar-refractivity contribution in [1.29, 1.82) is 0 Å². The molecule has 4 nitrogen and oxygen atoms in total. The van der Waals surface area contributed by atoms with Crippen LogP contribution >= 0.6 is 24.2 Å². The average Bonchev–Trinajstić information content (AvgIpc) is 3.05. The molecule has 3 atom stereocenters. The van der Waals surface area contributed by atoms with Gasteiger partial charge in [-0.2, -0.15) is 0 Å². The molecule has 0 bridgehead atoms. The van der Waals surface area contributed by atoms with Crippen LogP contribution in [0.25, 0.3) is 0 Å². The number of benzene rings is 2. The minimum absolute atomic E-state index is 0. The van der Waals surface area contributed by atoms with Crippen LogP contribution in [0.5, 0.6) is 0 Å². The lowest BCUT2D eigenvalue weighted by molar-refractivity contribution is -0.120. The Hall–Kier alpha value is -1.67. The molecule has 2 aromatic carbocycles. The van der Waals surface area contributed by atoms with Crippen LogP contribution in [0.1, 0.15) is 10.8 Å². The van der Waals surface area contributed by atoms with E-state index in [0.29, 0.717) is 19.6 Å². The highest BCUT2D eigenvalue weighted by Crippen LogP contribution is 2.37. The van der Waals surface area contributed by atoms with E-state index in [1.165, 1.54) is 12.1 Å². The van der Waals surface area contributed by atoms with E-state index in [2.05, 4.69) is 10.6 Å². The molecule has 1 saturated heterocycles. The number of carbonyl (C=O) groups excluding carboxylic acids is 1. The Morgan fingerprint density at radius 2 is 1.96 bits per heavy atom. The van der Waals surface area contributed by atoms with Gasteiger partial charge in [0.05, 0.1) is 6.10 Å². The molecule has 8 heteroatoms. The summed E-state index contributed by atoms with van der Waals surface area (Å²) in [4.78, 5) is 13.0. The third-order valence-corrected chi connectivity index (χ3v) is 5.63. The van der Waals surface area contributed by atoms with Crippen molar-refractivity contribution in [3.63, 3.8) is 0 Å². The fourth-order valence-electron chi connectivity index (χ4n) is 2.85. The second-order valence-corrected chi connectivity index (χ2v) is 7.36. The monoisotopic (exact) mass is 414 g/mol. The van der Waals surface area contributed by atoms with Crippen LogP contribution in [-0.2, 0) is 4.79 Å². The molecule has 0 aliphatic carbocycles. The van der Waals surface area contributed by atoms with Gasteiger partial charge in [-0.05, 0) is 17.7 Å². The van der Waals surface area contributed by atoms with E-state index in [4.69, 9.17) is 0 Å². The Balaban J connectivity index is 0.00000261. The fraction of sp³-hybridized carbons (Fsp3) is 0.316. The predicted octanol–water partition coefficient (Wildman–Crippen LogP) is 2.92. The molecule has 1 aliphatic heterocycles. The van der Waals surface area contributed by atoms with Gasteiger partial charge in [0.1, 0.15) is 16.9 Å². The van der Waals surface area contributed by atoms with Crippen molar-refractivity contribution in [2.45, 2.75) is 16.2 Å². The predicted molar refractivity (Wildman–Crippen MR) is 104 cm³/mol. The van der Waals surface area contributed by atoms with E-state index in [0.717, 1.165) is 23.4 Å². The molecular weight excluding hydrogens is 394 g/mol. The van der Waals surface area contributed by atoms with Crippen molar-refractivity contribution in [2.24, 2.45) is 5.92 Å². The van der Waals surface area contributed by atoms with Gasteiger partial charge in [0.2, 0.25) is 5.91 Å². The molecular formula is C19H21ClF2N2O2S. The maximum absolute atomic E-state index is 14.0. The van der Waals surface area contributed by atoms with Crippen LogP contribution in [0, 0.1) is 17.6 Å². The number of aliphatic hydroxyl groups is 1. The maximum Gasteiger partial charge on any atom is 0.238 e. The number of carbonyl (C=O) groups is 1. The normalized spacial score (nSPS) is 20.0. The zero-order valence-electron chi connectivity index (χ0n) is 14.4. The summed E-state index contributed by atoms with van der Waals surface area (Å²) < 4.78 is 27.2. The van der Waals surface area contributed by atoms with Crippen LogP contribution < -0.4 is 10.6 Å². The zero-order valence-corrected chi connectivity index (χ0v) is 16.0. The third-order valence-electron chi connectivity index (χ3n) is 4.32. The number of thioether (sulfide) groups is 1. The number of hydrogen-bond donors (Lipinski definition) is 3. The van der Waals surface area contributed by atoms with Gasteiger partial charge >= 0.3 is 0 Å². The lowest BCUT2D eigenvalue weighted by Crippen LogP contribution is -2.36. The Kier molecular flexibility index (Phi) is 8.04. The zero-order chi connectivity index (χ0) is 18.5. The topological polar surface area (TPSA) is 61.4 Å². The van der Waals surface area contributed by atoms with Crippen LogP contribution in [0.2, 0.25) is 0 Å². The highest BCUT2D eigenvalue weighted by atomic mass is 35.5. The number of hydrogen-bond acceptors (Lipinski definition) is 4. The number of rotatable bonds is 6. The molecule has 146 valence electrons. The van der Waals surface area contributed by atoms with E-state index in [9.17, 15) is 18.7 Å². The van der Waals surface area contributed by atoms with Gasteiger partial charge < -0.3 is 15.7 Å². The molecule has 1 aliphatic rings. The number of halogens is 3. The minimum Gasteiger partial charge on any atom is -0.391 e. The van der Waals surface area contributed by atoms with Crippen LogP contribution in [-0.4, -0.2) is 36.8 Å². The molecule has 3 rings (SSSR count). The highest BCUT2D eigenvalue weighted by Gasteiger charge is 2.28. The van der Waals surface area contributed by atoms with Crippen molar-refractivity contribution in [1.82, 2.24) is 10.6 Å². The second kappa shape index (κ2) is 10.0. The van der Waals surface area contributed by atoms with Gasteiger partial charge in [0.15, 0.2) is 0 Å². The summed E-state index contributed by atoms with van der Waals surface area (Å²) >= 11 is 1.04. The molecule has 1 amide bonds.